The number of phenols is 1. The highest BCUT2D eigenvalue weighted by molar-refractivity contribution is 7.92. The number of carbonyl (C=O) groups is 2. The van der Waals surface area contributed by atoms with Gasteiger partial charge in [-0.05, 0) is 30.5 Å². The second-order valence-corrected chi connectivity index (χ2v) is 9.18. The third kappa shape index (κ3) is 2.96. The largest absolute Gasteiger partial charge is 0.506 e. The van der Waals surface area contributed by atoms with Crippen LogP contribution in [-0.4, -0.2) is 54.9 Å². The molecule has 3 aliphatic rings. The van der Waals surface area contributed by atoms with Crippen molar-refractivity contribution in [2.75, 3.05) is 23.9 Å². The van der Waals surface area contributed by atoms with Crippen LogP contribution < -0.4 is 9.03 Å². The highest BCUT2D eigenvalue weighted by atomic mass is 32.2. The number of fused-ring (bicyclic) bond motifs is 1. The summed E-state index contributed by atoms with van der Waals surface area (Å²) >= 11 is 0. The Morgan fingerprint density at radius 2 is 2.03 bits per heavy atom. The van der Waals surface area contributed by atoms with Crippen LogP contribution in [0.25, 0.3) is 16.5 Å². The zero-order valence-electron chi connectivity index (χ0n) is 15.6. The zero-order valence-corrected chi connectivity index (χ0v) is 16.4. The third-order valence-corrected chi connectivity index (χ3v) is 6.81. The summed E-state index contributed by atoms with van der Waals surface area (Å²) in [5.41, 5.74) is 0.465. The molecular formula is C19H17FN4O5S. The van der Waals surface area contributed by atoms with Gasteiger partial charge in [0, 0.05) is 24.4 Å². The molecule has 30 heavy (non-hydrogen) atoms. The number of anilines is 1. The molecule has 0 radical (unpaired) electrons. The van der Waals surface area contributed by atoms with E-state index in [9.17, 15) is 23.1 Å². The molecule has 1 saturated heterocycles. The van der Waals surface area contributed by atoms with Crippen LogP contribution in [0, 0.1) is 11.7 Å². The van der Waals surface area contributed by atoms with Gasteiger partial charge in [0.25, 0.3) is 5.91 Å². The summed E-state index contributed by atoms with van der Waals surface area (Å²) in [5, 5.41) is 10.5. The second-order valence-electron chi connectivity index (χ2n) is 7.59. The lowest BCUT2D eigenvalue weighted by molar-refractivity contribution is -0.131. The van der Waals surface area contributed by atoms with E-state index in [0.29, 0.717) is 23.1 Å². The monoisotopic (exact) mass is 432 g/mol. The SMILES string of the molecule is O=C1CN(c2c(O)cc3ccc(C4=CCN(C(=O)C5CC5)C4)nc3c2F)S(=O)(=O)N1. The fraction of sp³-hybridized carbons (Fsp3) is 0.316. The molecule has 0 unspecified atom stereocenters. The number of aromatic nitrogens is 1. The number of benzene rings is 1. The molecule has 2 fully saturated rings. The van der Waals surface area contributed by atoms with Gasteiger partial charge in [-0.15, -0.1) is 0 Å². The van der Waals surface area contributed by atoms with Crippen molar-refractivity contribution < 1.29 is 27.5 Å². The van der Waals surface area contributed by atoms with Crippen molar-refractivity contribution in [3.05, 3.63) is 35.8 Å². The lowest BCUT2D eigenvalue weighted by Crippen LogP contribution is -2.30. The van der Waals surface area contributed by atoms with Crippen molar-refractivity contribution >= 4 is 44.2 Å². The van der Waals surface area contributed by atoms with Gasteiger partial charge in [-0.2, -0.15) is 8.42 Å². The predicted molar refractivity (Wildman–Crippen MR) is 105 cm³/mol. The Balaban J connectivity index is 1.53. The van der Waals surface area contributed by atoms with E-state index in [2.05, 4.69) is 4.98 Å². The van der Waals surface area contributed by atoms with Crippen LogP contribution >= 0.6 is 0 Å². The molecule has 0 bridgehead atoms. The van der Waals surface area contributed by atoms with Gasteiger partial charge < -0.3 is 10.0 Å². The summed E-state index contributed by atoms with van der Waals surface area (Å²) in [7, 11) is -4.30. The van der Waals surface area contributed by atoms with Crippen molar-refractivity contribution in [3.8, 4) is 5.75 Å². The fourth-order valence-electron chi connectivity index (χ4n) is 3.76. The van der Waals surface area contributed by atoms with Crippen molar-refractivity contribution in [2.24, 2.45) is 5.92 Å². The Labute approximate surface area is 171 Å². The molecule has 0 spiro atoms. The molecule has 1 aromatic heterocycles. The van der Waals surface area contributed by atoms with Crippen LogP contribution in [0.5, 0.6) is 5.75 Å². The summed E-state index contributed by atoms with van der Waals surface area (Å²) in [4.78, 5) is 29.8. The van der Waals surface area contributed by atoms with Crippen LogP contribution in [-0.2, 0) is 19.8 Å². The van der Waals surface area contributed by atoms with Crippen molar-refractivity contribution in [1.82, 2.24) is 14.6 Å². The van der Waals surface area contributed by atoms with Crippen LogP contribution in [0.4, 0.5) is 10.1 Å². The number of hydrogen-bond donors (Lipinski definition) is 2. The normalized spacial score (nSPS) is 20.6. The van der Waals surface area contributed by atoms with Gasteiger partial charge in [0.15, 0.2) is 5.82 Å². The standard InChI is InChI=1S/C19H17FN4O5S/c20-16-17-11(7-14(25)18(16)24-9-15(26)22-30(24,28)29)3-4-13(21-17)12-5-6-23(8-12)19(27)10-1-2-10/h3-5,7,10,25H,1-2,6,8-9H2,(H,22,26). The summed E-state index contributed by atoms with van der Waals surface area (Å²) in [6, 6.07) is 4.43. The van der Waals surface area contributed by atoms with Gasteiger partial charge in [-0.25, -0.2) is 18.4 Å². The quantitative estimate of drug-likeness (QED) is 0.744. The molecule has 9 nitrogen and oxygen atoms in total. The highest BCUT2D eigenvalue weighted by Crippen LogP contribution is 2.38. The number of nitrogens with zero attached hydrogens (tertiary/aromatic N) is 3. The van der Waals surface area contributed by atoms with Gasteiger partial charge in [-0.1, -0.05) is 12.1 Å². The molecule has 2 aromatic rings. The van der Waals surface area contributed by atoms with Crippen LogP contribution in [0.3, 0.4) is 0 Å². The van der Waals surface area contributed by atoms with E-state index in [-0.39, 0.29) is 22.7 Å². The van der Waals surface area contributed by atoms with E-state index in [1.807, 2.05) is 6.08 Å². The van der Waals surface area contributed by atoms with Crippen LogP contribution in [0.2, 0.25) is 0 Å². The van der Waals surface area contributed by atoms with E-state index in [1.54, 1.807) is 21.8 Å². The molecule has 11 heteroatoms. The first-order valence-corrected chi connectivity index (χ1v) is 10.8. The molecule has 5 rings (SSSR count). The molecule has 0 atom stereocenters. The molecule has 156 valence electrons. The maximum absolute atomic E-state index is 15.3. The fourth-order valence-corrected chi connectivity index (χ4v) is 4.93. The molecule has 3 heterocycles. The van der Waals surface area contributed by atoms with Gasteiger partial charge in [0.1, 0.15) is 23.5 Å². The van der Waals surface area contributed by atoms with Gasteiger partial charge in [-0.3, -0.25) is 9.59 Å². The van der Waals surface area contributed by atoms with Crippen LogP contribution in [0.1, 0.15) is 18.5 Å². The predicted octanol–water partition coefficient (Wildman–Crippen LogP) is 0.896. The topological polar surface area (TPSA) is 120 Å². The van der Waals surface area contributed by atoms with Gasteiger partial charge in [0.2, 0.25) is 5.91 Å². The zero-order chi connectivity index (χ0) is 21.2. The Hall–Kier alpha value is -3.21. The number of nitrogens with one attached hydrogen (secondary N) is 1. The maximum atomic E-state index is 15.3. The van der Waals surface area contributed by atoms with E-state index < -0.39 is 39.9 Å². The number of aromatic hydroxyl groups is 1. The van der Waals surface area contributed by atoms with Crippen LogP contribution in [0.15, 0.2) is 24.3 Å². The van der Waals surface area contributed by atoms with E-state index in [1.165, 1.54) is 6.07 Å². The van der Waals surface area contributed by atoms with Crippen molar-refractivity contribution in [1.29, 1.82) is 0 Å². The number of hydrogen-bond acceptors (Lipinski definition) is 6. The van der Waals surface area contributed by atoms with Crippen molar-refractivity contribution in [2.45, 2.75) is 12.8 Å². The van der Waals surface area contributed by atoms with E-state index in [0.717, 1.165) is 18.4 Å². The first kappa shape index (κ1) is 18.8. The third-order valence-electron chi connectivity index (χ3n) is 5.43. The van der Waals surface area contributed by atoms with Gasteiger partial charge >= 0.3 is 10.2 Å². The Kier molecular flexibility index (Phi) is 4.01. The Bertz CT molecular complexity index is 1260. The second kappa shape index (κ2) is 6.39. The molecule has 2 amide bonds. The smallest absolute Gasteiger partial charge is 0.326 e. The Morgan fingerprint density at radius 3 is 2.70 bits per heavy atom. The number of phenolic OH excluding ortho intramolecular Hbond substituents is 1. The Morgan fingerprint density at radius 1 is 1.27 bits per heavy atom. The number of carbonyl (C=O) groups excluding carboxylic acids is 2. The number of pyridine rings is 1. The summed E-state index contributed by atoms with van der Waals surface area (Å²) < 4.78 is 41.7. The molecule has 2 N–H and O–H groups in total. The summed E-state index contributed by atoms with van der Waals surface area (Å²) in [5.74, 6) is -2.28. The lowest BCUT2D eigenvalue weighted by Gasteiger charge is -2.18. The molecule has 1 saturated carbocycles. The minimum absolute atomic E-state index is 0.101. The first-order valence-electron chi connectivity index (χ1n) is 9.38. The summed E-state index contributed by atoms with van der Waals surface area (Å²) in [6.07, 6.45) is 3.68. The minimum Gasteiger partial charge on any atom is -0.506 e. The lowest BCUT2D eigenvalue weighted by atomic mass is 10.1. The molecule has 1 aromatic carbocycles. The average Bonchev–Trinajstić information content (AvgIpc) is 3.35. The highest BCUT2D eigenvalue weighted by Gasteiger charge is 2.38. The maximum Gasteiger partial charge on any atom is 0.326 e. The molecule has 2 aliphatic heterocycles. The summed E-state index contributed by atoms with van der Waals surface area (Å²) in [6.45, 7) is 0.203. The van der Waals surface area contributed by atoms with E-state index >= 15 is 4.39 Å². The van der Waals surface area contributed by atoms with Gasteiger partial charge in [0.05, 0.1) is 5.69 Å². The number of rotatable bonds is 3. The van der Waals surface area contributed by atoms with Crippen molar-refractivity contribution in [3.63, 3.8) is 0 Å². The number of halogens is 1. The van der Waals surface area contributed by atoms with E-state index in [4.69, 9.17) is 0 Å². The number of amides is 2. The average molecular weight is 432 g/mol. The minimum atomic E-state index is -4.30. The molecule has 1 aliphatic carbocycles. The first-order chi connectivity index (χ1) is 14.2. The molecular weight excluding hydrogens is 415 g/mol.